The molecule has 1 N–H and O–H groups in total. The van der Waals surface area contributed by atoms with Crippen molar-refractivity contribution in [1.29, 1.82) is 0 Å². The van der Waals surface area contributed by atoms with Crippen LogP contribution < -0.4 is 15.1 Å². The average molecular weight is 503 g/mol. The summed E-state index contributed by atoms with van der Waals surface area (Å²) in [6, 6.07) is 11.7. The second kappa shape index (κ2) is 11.3. The predicted octanol–water partition coefficient (Wildman–Crippen LogP) is 2.29. The normalized spacial score (nSPS) is 17.8. The highest BCUT2D eigenvalue weighted by molar-refractivity contribution is 5.90. The molecule has 0 radical (unpaired) electrons. The van der Waals surface area contributed by atoms with E-state index in [9.17, 15) is 23.2 Å². The van der Waals surface area contributed by atoms with E-state index in [0.29, 0.717) is 19.7 Å². The monoisotopic (exact) mass is 502 g/mol. The third kappa shape index (κ3) is 6.09. The van der Waals surface area contributed by atoms with Gasteiger partial charge in [0.25, 0.3) is 0 Å². The zero-order valence-electron chi connectivity index (χ0n) is 19.9. The van der Waals surface area contributed by atoms with E-state index >= 15 is 0 Å². The van der Waals surface area contributed by atoms with Crippen molar-refractivity contribution in [3.8, 4) is 0 Å². The van der Waals surface area contributed by atoms with Crippen molar-refractivity contribution in [3.05, 3.63) is 59.7 Å². The fourth-order valence-electron chi connectivity index (χ4n) is 4.21. The number of nitrogens with one attached hydrogen (secondary N) is 1. The SMILES string of the molecule is CC(=O)NCC1CN(c2cc(F)c(N3CCN(C(=O)COCc4ccccc4)CC3)c(F)c2)C(=O)O1. The molecular weight excluding hydrogens is 474 g/mol. The van der Waals surface area contributed by atoms with Crippen molar-refractivity contribution in [2.75, 3.05) is 55.7 Å². The summed E-state index contributed by atoms with van der Waals surface area (Å²) in [7, 11) is 0. The summed E-state index contributed by atoms with van der Waals surface area (Å²) >= 11 is 0. The molecule has 0 bridgehead atoms. The van der Waals surface area contributed by atoms with Gasteiger partial charge in [-0.2, -0.15) is 0 Å². The van der Waals surface area contributed by atoms with Crippen LogP contribution in [0.25, 0.3) is 0 Å². The minimum Gasteiger partial charge on any atom is -0.442 e. The van der Waals surface area contributed by atoms with E-state index < -0.39 is 23.8 Å². The second-order valence-corrected chi connectivity index (χ2v) is 8.66. The molecule has 2 aliphatic heterocycles. The maximum absolute atomic E-state index is 15.0. The predicted molar refractivity (Wildman–Crippen MR) is 128 cm³/mol. The van der Waals surface area contributed by atoms with Gasteiger partial charge in [-0.1, -0.05) is 30.3 Å². The molecule has 3 amide bonds. The third-order valence-corrected chi connectivity index (χ3v) is 6.05. The van der Waals surface area contributed by atoms with E-state index in [0.717, 1.165) is 22.6 Å². The molecule has 1 unspecified atom stereocenters. The first-order chi connectivity index (χ1) is 17.3. The van der Waals surface area contributed by atoms with Crippen LogP contribution in [0.5, 0.6) is 0 Å². The quantitative estimate of drug-likeness (QED) is 0.596. The number of halogens is 2. The van der Waals surface area contributed by atoms with Crippen LogP contribution in [0.4, 0.5) is 25.0 Å². The van der Waals surface area contributed by atoms with Gasteiger partial charge in [0.05, 0.1) is 25.4 Å². The first kappa shape index (κ1) is 25.4. The molecule has 192 valence electrons. The molecule has 11 heteroatoms. The topological polar surface area (TPSA) is 91.4 Å². The number of carbonyl (C=O) groups excluding carboxylic acids is 3. The highest BCUT2D eigenvalue weighted by Gasteiger charge is 2.34. The van der Waals surface area contributed by atoms with Crippen LogP contribution in [0, 0.1) is 11.6 Å². The highest BCUT2D eigenvalue weighted by atomic mass is 19.1. The van der Waals surface area contributed by atoms with Crippen molar-refractivity contribution in [2.45, 2.75) is 19.6 Å². The molecule has 0 saturated carbocycles. The van der Waals surface area contributed by atoms with Crippen LogP contribution in [-0.4, -0.2) is 74.8 Å². The number of carbonyl (C=O) groups is 3. The van der Waals surface area contributed by atoms with E-state index in [1.807, 2.05) is 30.3 Å². The van der Waals surface area contributed by atoms with Crippen LogP contribution >= 0.6 is 0 Å². The molecule has 2 aromatic carbocycles. The van der Waals surface area contributed by atoms with Gasteiger partial charge in [-0.05, 0) is 5.56 Å². The first-order valence-corrected chi connectivity index (χ1v) is 11.7. The van der Waals surface area contributed by atoms with Crippen LogP contribution in [0.15, 0.2) is 42.5 Å². The van der Waals surface area contributed by atoms with E-state index in [-0.39, 0.29) is 56.0 Å². The van der Waals surface area contributed by atoms with E-state index in [1.54, 1.807) is 9.80 Å². The van der Waals surface area contributed by atoms with Gasteiger partial charge in [0.15, 0.2) is 11.6 Å². The Labute approximate surface area is 207 Å². The second-order valence-electron chi connectivity index (χ2n) is 8.66. The lowest BCUT2D eigenvalue weighted by molar-refractivity contribution is -0.136. The molecule has 2 aliphatic rings. The summed E-state index contributed by atoms with van der Waals surface area (Å²) in [6.07, 6.45) is -1.35. The summed E-state index contributed by atoms with van der Waals surface area (Å²) in [5.41, 5.74) is 0.803. The summed E-state index contributed by atoms with van der Waals surface area (Å²) < 4.78 is 40.6. The van der Waals surface area contributed by atoms with Crippen LogP contribution in [-0.2, 0) is 25.7 Å². The Morgan fingerprint density at radius 1 is 1.08 bits per heavy atom. The van der Waals surface area contributed by atoms with Crippen molar-refractivity contribution in [3.63, 3.8) is 0 Å². The molecule has 0 spiro atoms. The lowest BCUT2D eigenvalue weighted by atomic mass is 10.2. The molecule has 36 heavy (non-hydrogen) atoms. The molecule has 2 heterocycles. The lowest BCUT2D eigenvalue weighted by Gasteiger charge is -2.36. The first-order valence-electron chi connectivity index (χ1n) is 11.7. The van der Waals surface area contributed by atoms with Crippen molar-refractivity contribution in [1.82, 2.24) is 10.2 Å². The van der Waals surface area contributed by atoms with E-state index in [4.69, 9.17) is 9.47 Å². The summed E-state index contributed by atoms with van der Waals surface area (Å²) in [6.45, 7) is 2.88. The van der Waals surface area contributed by atoms with Gasteiger partial charge in [-0.3, -0.25) is 14.5 Å². The van der Waals surface area contributed by atoms with Gasteiger partial charge >= 0.3 is 6.09 Å². The molecule has 2 fully saturated rings. The van der Waals surface area contributed by atoms with Crippen molar-refractivity contribution in [2.24, 2.45) is 0 Å². The van der Waals surface area contributed by atoms with E-state index in [2.05, 4.69) is 5.32 Å². The fraction of sp³-hybridized carbons (Fsp3) is 0.400. The number of cyclic esters (lactones) is 1. The molecule has 4 rings (SSSR count). The number of rotatable bonds is 8. The summed E-state index contributed by atoms with van der Waals surface area (Å²) in [5, 5.41) is 2.55. The third-order valence-electron chi connectivity index (χ3n) is 6.05. The minimum atomic E-state index is -0.811. The molecule has 0 aliphatic carbocycles. The number of amides is 3. The van der Waals surface area contributed by atoms with Gasteiger partial charge in [0, 0.05) is 45.2 Å². The number of hydrogen-bond donors (Lipinski definition) is 1. The minimum absolute atomic E-state index is 0.0356. The van der Waals surface area contributed by atoms with Crippen LogP contribution in [0.2, 0.25) is 0 Å². The lowest BCUT2D eigenvalue weighted by Crippen LogP contribution is -2.50. The number of piperazine rings is 1. The smallest absolute Gasteiger partial charge is 0.414 e. The Hall–Kier alpha value is -3.73. The molecule has 9 nitrogen and oxygen atoms in total. The number of ether oxygens (including phenoxy) is 2. The van der Waals surface area contributed by atoms with Gasteiger partial charge < -0.3 is 24.6 Å². The fourth-order valence-corrected chi connectivity index (χ4v) is 4.21. The van der Waals surface area contributed by atoms with Gasteiger partial charge in [-0.15, -0.1) is 0 Å². The van der Waals surface area contributed by atoms with Crippen LogP contribution in [0.3, 0.4) is 0 Å². The Kier molecular flexibility index (Phi) is 7.99. The van der Waals surface area contributed by atoms with Gasteiger partial charge in [0.1, 0.15) is 18.4 Å². The Balaban J connectivity index is 1.31. The maximum Gasteiger partial charge on any atom is 0.414 e. The van der Waals surface area contributed by atoms with E-state index in [1.165, 1.54) is 6.92 Å². The largest absolute Gasteiger partial charge is 0.442 e. The van der Waals surface area contributed by atoms with Gasteiger partial charge in [-0.25, -0.2) is 13.6 Å². The molecule has 1 atom stereocenters. The number of nitrogens with zero attached hydrogens (tertiary/aromatic N) is 3. The summed E-state index contributed by atoms with van der Waals surface area (Å²) in [5.74, 6) is -2.07. The average Bonchev–Trinajstić information content (AvgIpc) is 3.24. The number of anilines is 2. The Morgan fingerprint density at radius 3 is 2.39 bits per heavy atom. The maximum atomic E-state index is 15.0. The zero-order chi connectivity index (χ0) is 25.7. The van der Waals surface area contributed by atoms with Crippen molar-refractivity contribution < 1.29 is 32.6 Å². The molecule has 2 saturated heterocycles. The van der Waals surface area contributed by atoms with Crippen molar-refractivity contribution >= 4 is 29.3 Å². The summed E-state index contributed by atoms with van der Waals surface area (Å²) in [4.78, 5) is 40.0. The highest BCUT2D eigenvalue weighted by Crippen LogP contribution is 2.31. The number of benzene rings is 2. The Bertz CT molecular complexity index is 1090. The molecular formula is C25H28F2N4O5. The van der Waals surface area contributed by atoms with Crippen LogP contribution in [0.1, 0.15) is 12.5 Å². The molecule has 0 aromatic heterocycles. The Morgan fingerprint density at radius 2 is 1.75 bits per heavy atom. The zero-order valence-corrected chi connectivity index (χ0v) is 19.9. The molecule has 2 aromatic rings. The standard InChI is InChI=1S/C25H28F2N4O5/c1-17(32)28-13-20-14-31(25(34)36-20)19-11-21(26)24(22(27)12-19)30-9-7-29(8-10-30)23(33)16-35-15-18-5-3-2-4-6-18/h2-6,11-12,20H,7-10,13-16H2,1H3,(H,28,32). The van der Waals surface area contributed by atoms with Gasteiger partial charge in [0.2, 0.25) is 11.8 Å². The number of hydrogen-bond acceptors (Lipinski definition) is 6.